The molecule has 2 amide bonds. The molecular weight excluding hydrogens is 546 g/mol. The number of nitrogens with zero attached hydrogens (tertiary/aromatic N) is 5. The Kier molecular flexibility index (Phi) is 7.57. The molecule has 2 aliphatic heterocycles. The van der Waals surface area contributed by atoms with Gasteiger partial charge in [0.05, 0.1) is 29.6 Å². The van der Waals surface area contributed by atoms with E-state index in [1.165, 1.54) is 4.90 Å². The molecule has 3 aromatic heterocycles. The van der Waals surface area contributed by atoms with Gasteiger partial charge in [0.1, 0.15) is 11.7 Å². The molecule has 1 fully saturated rings. The van der Waals surface area contributed by atoms with E-state index >= 15 is 0 Å². The van der Waals surface area contributed by atoms with Crippen LogP contribution in [0, 0.1) is 0 Å². The Hall–Kier alpha value is -4.06. The van der Waals surface area contributed by atoms with Gasteiger partial charge in [-0.05, 0) is 49.1 Å². The van der Waals surface area contributed by atoms with Crippen molar-refractivity contribution in [1.82, 2.24) is 29.6 Å². The van der Waals surface area contributed by atoms with Crippen LogP contribution in [0.1, 0.15) is 47.3 Å². The van der Waals surface area contributed by atoms with Gasteiger partial charge in [-0.2, -0.15) is 0 Å². The van der Waals surface area contributed by atoms with Crippen LogP contribution in [-0.4, -0.2) is 73.1 Å². The van der Waals surface area contributed by atoms with E-state index in [0.29, 0.717) is 53.2 Å². The summed E-state index contributed by atoms with van der Waals surface area (Å²) in [5.41, 5.74) is 3.95. The summed E-state index contributed by atoms with van der Waals surface area (Å²) in [5, 5.41) is 16.6. The number of aliphatic hydroxyl groups is 1. The van der Waals surface area contributed by atoms with Crippen LogP contribution in [0.15, 0.2) is 55.1 Å². The van der Waals surface area contributed by atoms with Gasteiger partial charge in [0.2, 0.25) is 11.9 Å². The van der Waals surface area contributed by atoms with Gasteiger partial charge in [-0.15, -0.1) is 0 Å². The molecule has 5 heterocycles. The fourth-order valence-corrected chi connectivity index (χ4v) is 5.46. The van der Waals surface area contributed by atoms with Crippen LogP contribution in [0.5, 0.6) is 0 Å². The van der Waals surface area contributed by atoms with Crippen molar-refractivity contribution in [3.63, 3.8) is 0 Å². The van der Waals surface area contributed by atoms with Crippen LogP contribution >= 0.6 is 11.6 Å². The van der Waals surface area contributed by atoms with Crippen molar-refractivity contribution in [1.29, 1.82) is 0 Å². The van der Waals surface area contributed by atoms with Crippen molar-refractivity contribution in [3.8, 4) is 11.3 Å². The largest absolute Gasteiger partial charge is 0.394 e. The molecule has 0 saturated carbocycles. The molecule has 11 nitrogen and oxygen atoms in total. The Morgan fingerprint density at radius 3 is 2.83 bits per heavy atom. The number of fused-ring (bicyclic) bond motifs is 2. The summed E-state index contributed by atoms with van der Waals surface area (Å²) in [6, 6.07) is 7.97. The molecule has 1 saturated heterocycles. The fourth-order valence-electron chi connectivity index (χ4n) is 5.26. The summed E-state index contributed by atoms with van der Waals surface area (Å²) in [7, 11) is 0. The van der Waals surface area contributed by atoms with Gasteiger partial charge in [-0.25, -0.2) is 15.0 Å². The van der Waals surface area contributed by atoms with E-state index in [9.17, 15) is 14.7 Å². The highest BCUT2D eigenvalue weighted by Crippen LogP contribution is 2.32. The van der Waals surface area contributed by atoms with E-state index < -0.39 is 12.1 Å². The van der Waals surface area contributed by atoms with Gasteiger partial charge < -0.3 is 29.8 Å². The van der Waals surface area contributed by atoms with Gasteiger partial charge in [0.15, 0.2) is 0 Å². The molecule has 4 aromatic rings. The lowest BCUT2D eigenvalue weighted by Gasteiger charge is -2.26. The first kappa shape index (κ1) is 27.1. The molecule has 212 valence electrons. The first-order valence-corrected chi connectivity index (χ1v) is 13.9. The zero-order valence-corrected chi connectivity index (χ0v) is 23.2. The van der Waals surface area contributed by atoms with Crippen LogP contribution in [0.25, 0.3) is 16.9 Å². The molecule has 3 N–H and O–H groups in total. The summed E-state index contributed by atoms with van der Waals surface area (Å²) in [6.07, 6.45) is 8.61. The predicted molar refractivity (Wildman–Crippen MR) is 152 cm³/mol. The van der Waals surface area contributed by atoms with Crippen molar-refractivity contribution in [3.05, 3.63) is 76.8 Å². The third-order valence-electron chi connectivity index (χ3n) is 7.68. The molecule has 0 spiro atoms. The van der Waals surface area contributed by atoms with Gasteiger partial charge in [-0.3, -0.25) is 9.59 Å². The Labute approximate surface area is 241 Å². The number of anilines is 1. The fraction of sp³-hybridized carbons (Fsp3) is 0.345. The quantitative estimate of drug-likeness (QED) is 0.292. The number of halogens is 1. The van der Waals surface area contributed by atoms with Crippen LogP contribution in [-0.2, 0) is 16.1 Å². The van der Waals surface area contributed by atoms with Crippen LogP contribution in [0.2, 0.25) is 5.02 Å². The number of pyridine rings is 1. The van der Waals surface area contributed by atoms with E-state index in [2.05, 4.69) is 25.6 Å². The van der Waals surface area contributed by atoms with Crippen LogP contribution in [0.4, 0.5) is 5.95 Å². The monoisotopic (exact) mass is 575 g/mol. The van der Waals surface area contributed by atoms with Crippen LogP contribution in [0.3, 0.4) is 0 Å². The average molecular weight is 576 g/mol. The summed E-state index contributed by atoms with van der Waals surface area (Å²) >= 11 is 6.47. The number of carbonyl (C=O) groups excluding carboxylic acids is 2. The number of imidazole rings is 1. The lowest BCUT2D eigenvalue weighted by Crippen LogP contribution is -2.46. The summed E-state index contributed by atoms with van der Waals surface area (Å²) in [4.78, 5) is 41.5. The maximum Gasteiger partial charge on any atom is 0.255 e. The summed E-state index contributed by atoms with van der Waals surface area (Å²) < 4.78 is 7.26. The number of hydrogen-bond acceptors (Lipinski definition) is 8. The van der Waals surface area contributed by atoms with Gasteiger partial charge in [-0.1, -0.05) is 23.7 Å². The first-order chi connectivity index (χ1) is 19.9. The molecule has 2 aliphatic rings. The van der Waals surface area contributed by atoms with Crippen molar-refractivity contribution in [2.75, 3.05) is 25.1 Å². The number of carbonyl (C=O) groups is 2. The van der Waals surface area contributed by atoms with Gasteiger partial charge >= 0.3 is 0 Å². The minimum Gasteiger partial charge on any atom is -0.394 e. The average Bonchev–Trinajstić information content (AvgIpc) is 3.60. The van der Waals surface area contributed by atoms with Crippen molar-refractivity contribution in [2.45, 2.75) is 44.4 Å². The minimum absolute atomic E-state index is 0.222. The minimum atomic E-state index is -0.763. The zero-order valence-electron chi connectivity index (χ0n) is 22.5. The number of amides is 2. The van der Waals surface area contributed by atoms with E-state index in [0.717, 1.165) is 24.0 Å². The highest BCUT2D eigenvalue weighted by molar-refractivity contribution is 6.33. The zero-order chi connectivity index (χ0) is 28.5. The van der Waals surface area contributed by atoms with Crippen molar-refractivity contribution < 1.29 is 19.4 Å². The molecule has 6 rings (SSSR count). The Balaban J connectivity index is 1.17. The van der Waals surface area contributed by atoms with Crippen LogP contribution < -0.4 is 10.6 Å². The van der Waals surface area contributed by atoms with E-state index in [-0.39, 0.29) is 24.5 Å². The second kappa shape index (κ2) is 11.4. The number of ether oxygens (including phenoxy) is 1. The summed E-state index contributed by atoms with van der Waals surface area (Å²) in [5.74, 6) is -0.147. The van der Waals surface area contributed by atoms with E-state index in [4.69, 9.17) is 16.3 Å². The van der Waals surface area contributed by atoms with Crippen molar-refractivity contribution >= 4 is 35.0 Å². The topological polar surface area (TPSA) is 134 Å². The molecule has 41 heavy (non-hydrogen) atoms. The highest BCUT2D eigenvalue weighted by Gasteiger charge is 2.35. The molecule has 0 radical (unpaired) electrons. The molecule has 0 bridgehead atoms. The lowest BCUT2D eigenvalue weighted by molar-refractivity contribution is -0.126. The third kappa shape index (κ3) is 5.48. The number of benzene rings is 1. The number of nitrogens with one attached hydrogen (secondary N) is 2. The first-order valence-electron chi connectivity index (χ1n) is 13.6. The molecule has 0 unspecified atom stereocenters. The smallest absolute Gasteiger partial charge is 0.255 e. The lowest BCUT2D eigenvalue weighted by atomic mass is 10.0. The molecule has 1 aromatic carbocycles. The van der Waals surface area contributed by atoms with E-state index in [1.807, 2.05) is 41.1 Å². The molecule has 0 aliphatic carbocycles. The number of aliphatic hydroxyl groups excluding tert-OH is 1. The summed E-state index contributed by atoms with van der Waals surface area (Å²) in [6.45, 7) is 3.07. The second-order valence-electron chi connectivity index (χ2n) is 10.3. The van der Waals surface area contributed by atoms with E-state index in [1.54, 1.807) is 25.4 Å². The predicted octanol–water partition coefficient (Wildman–Crippen LogP) is 3.23. The molecule has 12 heteroatoms. The van der Waals surface area contributed by atoms with Gasteiger partial charge in [0, 0.05) is 55.5 Å². The number of aromatic nitrogens is 4. The Morgan fingerprint density at radius 2 is 2.02 bits per heavy atom. The third-order valence-corrected chi connectivity index (χ3v) is 7.96. The highest BCUT2D eigenvalue weighted by atomic mass is 35.5. The number of rotatable bonds is 8. The number of hydrogen-bond donors (Lipinski definition) is 3. The second-order valence-corrected chi connectivity index (χ2v) is 10.7. The van der Waals surface area contributed by atoms with Gasteiger partial charge in [0.25, 0.3) is 5.91 Å². The Bertz CT molecular complexity index is 1600. The maximum absolute atomic E-state index is 13.5. The molecular formula is C29H30ClN7O4. The normalized spacial score (nSPS) is 17.0. The standard InChI is InChI=1S/C29H30ClN7O4/c1-17(27(39)34-24(16-38)18-4-8-36-9-7-31-25(36)13-18)37-15-20-3-2-19(12-22(20)28(37)40)26-23(30)14-32-29(35-26)33-21-5-10-41-11-6-21/h2-4,7-9,12-14,17,21,24,38H,5-6,10-11,15-16H2,1H3,(H,34,39)(H,32,33,35)/t17-,24-/m1/s1. The van der Waals surface area contributed by atoms with Crippen molar-refractivity contribution in [2.24, 2.45) is 0 Å². The molecule has 2 atom stereocenters. The SMILES string of the molecule is C[C@H](C(=O)N[C@H](CO)c1ccn2ccnc2c1)N1Cc2ccc(-c3nc(NC4CCOCC4)ncc3Cl)cc2C1=O. The maximum atomic E-state index is 13.5. The Morgan fingerprint density at radius 1 is 1.20 bits per heavy atom.